The molecule has 2 atom stereocenters. The summed E-state index contributed by atoms with van der Waals surface area (Å²) in [6, 6.07) is 3.81. The first kappa shape index (κ1) is 14.5. The molecule has 1 aliphatic heterocycles. The van der Waals surface area contributed by atoms with E-state index in [-0.39, 0.29) is 13.0 Å². The SMILES string of the molecule is O=C(O)[C@H]1C[C@@H](O)CN1C(=O)c1ccc(I)c(Cl)c1. The standard InChI is InChI=1S/C12H11ClINO4/c13-8-3-6(1-2-9(8)14)11(17)15-5-7(16)4-10(15)12(18)19/h1-3,7,10,16H,4-5H2,(H,18,19)/t7-,10-/m1/s1. The topological polar surface area (TPSA) is 77.8 Å². The van der Waals surface area contributed by atoms with E-state index < -0.39 is 24.0 Å². The maximum absolute atomic E-state index is 12.3. The molecule has 1 amide bonds. The van der Waals surface area contributed by atoms with Crippen molar-refractivity contribution in [1.29, 1.82) is 0 Å². The molecule has 0 aliphatic carbocycles. The van der Waals surface area contributed by atoms with Crippen LogP contribution in [0.5, 0.6) is 0 Å². The molecule has 2 rings (SSSR count). The zero-order chi connectivity index (χ0) is 14.2. The largest absolute Gasteiger partial charge is 0.480 e. The number of carbonyl (C=O) groups is 2. The molecule has 1 heterocycles. The number of aliphatic hydroxyl groups is 1. The highest BCUT2D eigenvalue weighted by molar-refractivity contribution is 14.1. The number of β-amino-alcohol motifs (C(OH)–C–C–N with tert-alkyl or cyclic N) is 1. The van der Waals surface area contributed by atoms with Gasteiger partial charge in [-0.3, -0.25) is 4.79 Å². The Bertz CT molecular complexity index is 536. The third kappa shape index (κ3) is 3.01. The van der Waals surface area contributed by atoms with Crippen LogP contribution in [0.3, 0.4) is 0 Å². The van der Waals surface area contributed by atoms with Crippen molar-refractivity contribution in [3.05, 3.63) is 32.4 Å². The number of aliphatic carboxylic acids is 1. The number of nitrogens with zero attached hydrogens (tertiary/aromatic N) is 1. The molecule has 5 nitrogen and oxygen atoms in total. The molecule has 1 aliphatic rings. The van der Waals surface area contributed by atoms with Gasteiger partial charge in [-0.05, 0) is 40.8 Å². The number of benzene rings is 1. The average Bonchev–Trinajstić information content (AvgIpc) is 2.74. The number of hydrogen-bond donors (Lipinski definition) is 2. The zero-order valence-corrected chi connectivity index (χ0v) is 12.6. The molecule has 7 heteroatoms. The second kappa shape index (κ2) is 5.64. The van der Waals surface area contributed by atoms with Gasteiger partial charge >= 0.3 is 5.97 Å². The van der Waals surface area contributed by atoms with Crippen LogP contribution in [0.1, 0.15) is 16.8 Å². The van der Waals surface area contributed by atoms with E-state index in [1.807, 2.05) is 22.6 Å². The van der Waals surface area contributed by atoms with Gasteiger partial charge in [-0.25, -0.2) is 4.79 Å². The van der Waals surface area contributed by atoms with Crippen LogP contribution in [0.15, 0.2) is 18.2 Å². The summed E-state index contributed by atoms with van der Waals surface area (Å²) in [5.74, 6) is -1.54. The van der Waals surface area contributed by atoms with Gasteiger partial charge < -0.3 is 15.1 Å². The van der Waals surface area contributed by atoms with Gasteiger partial charge in [0.15, 0.2) is 0 Å². The lowest BCUT2D eigenvalue weighted by Crippen LogP contribution is -2.40. The number of halogens is 2. The van der Waals surface area contributed by atoms with Crippen molar-refractivity contribution < 1.29 is 19.8 Å². The lowest BCUT2D eigenvalue weighted by atomic mass is 10.1. The van der Waals surface area contributed by atoms with E-state index in [1.54, 1.807) is 12.1 Å². The molecule has 1 aromatic rings. The number of carbonyl (C=O) groups excluding carboxylic acids is 1. The monoisotopic (exact) mass is 395 g/mol. The molecule has 2 N–H and O–H groups in total. The van der Waals surface area contributed by atoms with Gasteiger partial charge in [0.05, 0.1) is 11.1 Å². The molecular formula is C12H11ClINO4. The van der Waals surface area contributed by atoms with E-state index in [0.717, 1.165) is 3.57 Å². The van der Waals surface area contributed by atoms with Crippen LogP contribution in [0.25, 0.3) is 0 Å². The van der Waals surface area contributed by atoms with Crippen molar-refractivity contribution in [2.75, 3.05) is 6.54 Å². The summed E-state index contributed by atoms with van der Waals surface area (Å²) in [4.78, 5) is 24.5. The Morgan fingerprint density at radius 3 is 2.68 bits per heavy atom. The van der Waals surface area contributed by atoms with E-state index in [4.69, 9.17) is 16.7 Å². The van der Waals surface area contributed by atoms with Crippen molar-refractivity contribution in [1.82, 2.24) is 4.90 Å². The van der Waals surface area contributed by atoms with Gasteiger partial charge in [0, 0.05) is 22.1 Å². The maximum Gasteiger partial charge on any atom is 0.326 e. The Labute approximate surface area is 128 Å². The summed E-state index contributed by atoms with van der Waals surface area (Å²) in [5, 5.41) is 19.0. The first-order valence-electron chi connectivity index (χ1n) is 5.57. The highest BCUT2D eigenvalue weighted by atomic mass is 127. The molecule has 19 heavy (non-hydrogen) atoms. The van der Waals surface area contributed by atoms with Crippen LogP contribution in [0.2, 0.25) is 5.02 Å². The van der Waals surface area contributed by atoms with Crippen LogP contribution in [-0.2, 0) is 4.79 Å². The minimum absolute atomic E-state index is 0.0272. The normalized spacial score (nSPS) is 22.6. The van der Waals surface area contributed by atoms with Crippen molar-refractivity contribution in [2.24, 2.45) is 0 Å². The van der Waals surface area contributed by atoms with Crippen LogP contribution >= 0.6 is 34.2 Å². The van der Waals surface area contributed by atoms with Crippen LogP contribution in [-0.4, -0.2) is 45.7 Å². The molecule has 0 spiro atoms. The molecule has 1 saturated heterocycles. The van der Waals surface area contributed by atoms with E-state index in [9.17, 15) is 14.7 Å². The minimum Gasteiger partial charge on any atom is -0.480 e. The Hall–Kier alpha value is -0.860. The molecule has 1 aromatic carbocycles. The van der Waals surface area contributed by atoms with Crippen molar-refractivity contribution in [3.8, 4) is 0 Å². The molecule has 0 saturated carbocycles. The Morgan fingerprint density at radius 1 is 1.42 bits per heavy atom. The lowest BCUT2D eigenvalue weighted by Gasteiger charge is -2.21. The first-order chi connectivity index (χ1) is 8.90. The average molecular weight is 396 g/mol. The van der Waals surface area contributed by atoms with Gasteiger partial charge in [-0.15, -0.1) is 0 Å². The maximum atomic E-state index is 12.3. The Morgan fingerprint density at radius 2 is 2.11 bits per heavy atom. The number of aliphatic hydroxyl groups excluding tert-OH is 1. The minimum atomic E-state index is -1.11. The summed E-state index contributed by atoms with van der Waals surface area (Å²) in [6.07, 6.45) is -0.747. The van der Waals surface area contributed by atoms with Crippen molar-refractivity contribution >= 4 is 46.1 Å². The molecule has 0 radical (unpaired) electrons. The van der Waals surface area contributed by atoms with Crippen LogP contribution in [0, 0.1) is 3.57 Å². The van der Waals surface area contributed by atoms with E-state index in [0.29, 0.717) is 10.6 Å². The number of likely N-dealkylation sites (tertiary alicyclic amines) is 1. The van der Waals surface area contributed by atoms with Gasteiger partial charge in [-0.2, -0.15) is 0 Å². The summed E-state index contributed by atoms with van der Waals surface area (Å²) in [6.45, 7) is 0.0272. The third-order valence-electron chi connectivity index (χ3n) is 2.99. The van der Waals surface area contributed by atoms with Crippen molar-refractivity contribution in [2.45, 2.75) is 18.6 Å². The van der Waals surface area contributed by atoms with Gasteiger partial charge in [0.1, 0.15) is 6.04 Å². The highest BCUT2D eigenvalue weighted by Crippen LogP contribution is 2.24. The summed E-state index contributed by atoms with van der Waals surface area (Å²) in [5.41, 5.74) is 0.325. The predicted octanol–water partition coefficient (Wildman–Crippen LogP) is 1.60. The van der Waals surface area contributed by atoms with Gasteiger partial charge in [-0.1, -0.05) is 11.6 Å². The smallest absolute Gasteiger partial charge is 0.326 e. The molecular weight excluding hydrogens is 384 g/mol. The fourth-order valence-corrected chi connectivity index (χ4v) is 2.58. The second-order valence-electron chi connectivity index (χ2n) is 4.33. The van der Waals surface area contributed by atoms with E-state index >= 15 is 0 Å². The lowest BCUT2D eigenvalue weighted by molar-refractivity contribution is -0.141. The van der Waals surface area contributed by atoms with E-state index in [2.05, 4.69) is 0 Å². The fraction of sp³-hybridized carbons (Fsp3) is 0.333. The predicted molar refractivity (Wildman–Crippen MR) is 77.3 cm³/mol. The third-order valence-corrected chi connectivity index (χ3v) is 4.56. The number of amides is 1. The second-order valence-corrected chi connectivity index (χ2v) is 5.90. The van der Waals surface area contributed by atoms with Crippen LogP contribution < -0.4 is 0 Å². The fourth-order valence-electron chi connectivity index (χ4n) is 2.07. The number of carboxylic acids is 1. The molecule has 102 valence electrons. The molecule has 0 bridgehead atoms. The molecule has 1 fully saturated rings. The number of rotatable bonds is 2. The number of carboxylic acid groups (broad SMARTS) is 1. The summed E-state index contributed by atoms with van der Waals surface area (Å²) < 4.78 is 0.812. The van der Waals surface area contributed by atoms with Gasteiger partial charge in [0.2, 0.25) is 0 Å². The van der Waals surface area contributed by atoms with Gasteiger partial charge in [0.25, 0.3) is 5.91 Å². The Balaban J connectivity index is 2.27. The summed E-state index contributed by atoms with van der Waals surface area (Å²) >= 11 is 7.99. The highest BCUT2D eigenvalue weighted by Gasteiger charge is 2.39. The van der Waals surface area contributed by atoms with Crippen LogP contribution in [0.4, 0.5) is 0 Å². The zero-order valence-electron chi connectivity index (χ0n) is 9.72. The van der Waals surface area contributed by atoms with Crippen molar-refractivity contribution in [3.63, 3.8) is 0 Å². The molecule has 0 unspecified atom stereocenters. The summed E-state index contributed by atoms with van der Waals surface area (Å²) in [7, 11) is 0. The molecule has 0 aromatic heterocycles. The Kier molecular flexibility index (Phi) is 4.32. The number of hydrogen-bond acceptors (Lipinski definition) is 3. The quantitative estimate of drug-likeness (QED) is 0.746. The first-order valence-corrected chi connectivity index (χ1v) is 7.02. The van der Waals surface area contributed by atoms with E-state index in [1.165, 1.54) is 11.0 Å².